The fourth-order valence-electron chi connectivity index (χ4n) is 1.96. The number of halogens is 1. The highest BCUT2D eigenvalue weighted by atomic mass is 127. The van der Waals surface area contributed by atoms with Gasteiger partial charge >= 0.3 is 0 Å². The van der Waals surface area contributed by atoms with Gasteiger partial charge in [-0.15, -0.1) is 0 Å². The number of hydrogen-bond acceptors (Lipinski definition) is 2. The topological polar surface area (TPSA) is 29.5 Å². The molecule has 1 atom stereocenters. The molecule has 1 aliphatic rings. The van der Waals surface area contributed by atoms with Crippen LogP contribution in [0, 0.1) is 9.49 Å². The van der Waals surface area contributed by atoms with Gasteiger partial charge < -0.3 is 9.84 Å². The first-order chi connectivity index (χ1) is 7.27. The van der Waals surface area contributed by atoms with Crippen LogP contribution in [0.4, 0.5) is 0 Å². The largest absolute Gasteiger partial charge is 0.388 e. The summed E-state index contributed by atoms with van der Waals surface area (Å²) in [4.78, 5) is 0. The summed E-state index contributed by atoms with van der Waals surface area (Å²) in [7, 11) is 0. The van der Waals surface area contributed by atoms with Crippen molar-refractivity contribution in [3.63, 3.8) is 0 Å². The predicted octanol–water partition coefficient (Wildman–Crippen LogP) is 2.75. The molecule has 1 unspecified atom stereocenters. The lowest BCUT2D eigenvalue weighted by molar-refractivity contribution is 0.00718. The average molecular weight is 318 g/mol. The first kappa shape index (κ1) is 11.4. The van der Waals surface area contributed by atoms with Gasteiger partial charge in [0.25, 0.3) is 0 Å². The van der Waals surface area contributed by atoms with Gasteiger partial charge in [0.1, 0.15) is 0 Å². The highest BCUT2D eigenvalue weighted by molar-refractivity contribution is 14.1. The van der Waals surface area contributed by atoms with E-state index in [2.05, 4.69) is 22.6 Å². The third kappa shape index (κ3) is 2.92. The number of hydrogen-bond donors (Lipinski definition) is 1. The first-order valence-electron chi connectivity index (χ1n) is 5.28. The normalized spacial score (nSPS) is 20.1. The summed E-state index contributed by atoms with van der Waals surface area (Å²) in [5, 5.41) is 10.2. The lowest BCUT2D eigenvalue weighted by Gasteiger charge is -2.26. The molecule has 0 bridgehead atoms. The minimum absolute atomic E-state index is 0.328. The maximum absolute atomic E-state index is 10.2. The maximum atomic E-state index is 10.2. The molecular weight excluding hydrogens is 303 g/mol. The summed E-state index contributed by atoms with van der Waals surface area (Å²) in [5.41, 5.74) is 1.03. The van der Waals surface area contributed by atoms with Crippen molar-refractivity contribution in [1.29, 1.82) is 0 Å². The van der Waals surface area contributed by atoms with Crippen LogP contribution in [0.5, 0.6) is 0 Å². The van der Waals surface area contributed by atoms with Crippen molar-refractivity contribution in [3.8, 4) is 0 Å². The number of benzene rings is 1. The van der Waals surface area contributed by atoms with Crippen molar-refractivity contribution in [2.45, 2.75) is 18.9 Å². The molecule has 1 aromatic rings. The number of ether oxygens (including phenoxy) is 1. The third-order valence-electron chi connectivity index (χ3n) is 2.92. The van der Waals surface area contributed by atoms with E-state index < -0.39 is 0 Å². The van der Waals surface area contributed by atoms with E-state index in [1.165, 1.54) is 3.57 Å². The molecule has 15 heavy (non-hydrogen) atoms. The van der Waals surface area contributed by atoms with Crippen molar-refractivity contribution in [3.05, 3.63) is 33.4 Å². The van der Waals surface area contributed by atoms with E-state index in [9.17, 15) is 5.11 Å². The SMILES string of the molecule is OC(c1ccc(I)cc1)C1CCOCC1. The Labute approximate surface area is 104 Å². The molecule has 1 aromatic carbocycles. The van der Waals surface area contributed by atoms with Crippen LogP contribution in [0.25, 0.3) is 0 Å². The summed E-state index contributed by atoms with van der Waals surface area (Å²) >= 11 is 2.27. The average Bonchev–Trinajstić information content (AvgIpc) is 2.30. The minimum Gasteiger partial charge on any atom is -0.388 e. The fourth-order valence-corrected chi connectivity index (χ4v) is 2.32. The molecule has 1 N–H and O–H groups in total. The number of rotatable bonds is 2. The smallest absolute Gasteiger partial charge is 0.0819 e. The highest BCUT2D eigenvalue weighted by Crippen LogP contribution is 2.29. The van der Waals surface area contributed by atoms with Crippen molar-refractivity contribution < 1.29 is 9.84 Å². The van der Waals surface area contributed by atoms with Crippen LogP contribution in [0.3, 0.4) is 0 Å². The Hall–Kier alpha value is -0.130. The molecule has 0 amide bonds. The second-order valence-electron chi connectivity index (χ2n) is 3.95. The van der Waals surface area contributed by atoms with E-state index in [-0.39, 0.29) is 6.10 Å². The van der Waals surface area contributed by atoms with Crippen LogP contribution in [0.2, 0.25) is 0 Å². The second kappa shape index (κ2) is 5.27. The zero-order valence-corrected chi connectivity index (χ0v) is 10.7. The summed E-state index contributed by atoms with van der Waals surface area (Å²) in [6, 6.07) is 8.11. The molecule has 0 spiro atoms. The third-order valence-corrected chi connectivity index (χ3v) is 3.64. The van der Waals surface area contributed by atoms with Gasteiger partial charge in [0, 0.05) is 16.8 Å². The molecular formula is C12H15IO2. The Bertz CT molecular complexity index is 304. The zero-order valence-electron chi connectivity index (χ0n) is 8.53. The van der Waals surface area contributed by atoms with Gasteiger partial charge in [-0.05, 0) is 59.0 Å². The van der Waals surface area contributed by atoms with Gasteiger partial charge in [-0.2, -0.15) is 0 Å². The van der Waals surface area contributed by atoms with Crippen molar-refractivity contribution in [2.24, 2.45) is 5.92 Å². The molecule has 1 aliphatic heterocycles. The molecule has 2 nitrogen and oxygen atoms in total. The summed E-state index contributed by atoms with van der Waals surface area (Å²) in [6.07, 6.45) is 1.60. The Morgan fingerprint density at radius 2 is 1.80 bits per heavy atom. The number of aliphatic hydroxyl groups is 1. The number of aliphatic hydroxyl groups excluding tert-OH is 1. The summed E-state index contributed by atoms with van der Waals surface area (Å²) < 4.78 is 6.50. The van der Waals surface area contributed by atoms with Crippen molar-refractivity contribution in [2.75, 3.05) is 13.2 Å². The van der Waals surface area contributed by atoms with E-state index >= 15 is 0 Å². The first-order valence-corrected chi connectivity index (χ1v) is 6.36. The van der Waals surface area contributed by atoms with E-state index in [1.807, 2.05) is 24.3 Å². The fraction of sp³-hybridized carbons (Fsp3) is 0.500. The van der Waals surface area contributed by atoms with Gasteiger partial charge in [-0.3, -0.25) is 0 Å². The molecule has 82 valence electrons. The van der Waals surface area contributed by atoms with Crippen LogP contribution in [0.1, 0.15) is 24.5 Å². The Balaban J connectivity index is 2.05. The van der Waals surface area contributed by atoms with Crippen LogP contribution in [0.15, 0.2) is 24.3 Å². The molecule has 0 aliphatic carbocycles. The standard InChI is InChI=1S/C12H15IO2/c13-11-3-1-9(2-4-11)12(14)10-5-7-15-8-6-10/h1-4,10,12,14H,5-8H2. The molecule has 0 saturated carbocycles. The van der Waals surface area contributed by atoms with E-state index in [1.54, 1.807) is 0 Å². The van der Waals surface area contributed by atoms with Gasteiger partial charge in [-0.1, -0.05) is 12.1 Å². The monoisotopic (exact) mass is 318 g/mol. The Morgan fingerprint density at radius 3 is 2.40 bits per heavy atom. The molecule has 1 fully saturated rings. The minimum atomic E-state index is -0.328. The quantitative estimate of drug-likeness (QED) is 0.850. The summed E-state index contributed by atoms with van der Waals surface area (Å²) in [5.74, 6) is 0.360. The molecule has 0 radical (unpaired) electrons. The highest BCUT2D eigenvalue weighted by Gasteiger charge is 2.23. The second-order valence-corrected chi connectivity index (χ2v) is 5.19. The van der Waals surface area contributed by atoms with Crippen molar-refractivity contribution in [1.82, 2.24) is 0 Å². The van der Waals surface area contributed by atoms with E-state index in [0.29, 0.717) is 5.92 Å². The Kier molecular flexibility index (Phi) is 3.99. The van der Waals surface area contributed by atoms with E-state index in [4.69, 9.17) is 4.74 Å². The summed E-state index contributed by atoms with van der Waals surface area (Å²) in [6.45, 7) is 1.57. The van der Waals surface area contributed by atoms with Crippen LogP contribution >= 0.6 is 22.6 Å². The van der Waals surface area contributed by atoms with Gasteiger partial charge in [0.2, 0.25) is 0 Å². The van der Waals surface area contributed by atoms with Crippen LogP contribution < -0.4 is 0 Å². The van der Waals surface area contributed by atoms with Gasteiger partial charge in [0.05, 0.1) is 6.10 Å². The molecule has 1 saturated heterocycles. The predicted molar refractivity (Wildman–Crippen MR) is 67.7 cm³/mol. The van der Waals surface area contributed by atoms with Gasteiger partial charge in [-0.25, -0.2) is 0 Å². The molecule has 0 aromatic heterocycles. The van der Waals surface area contributed by atoms with E-state index in [0.717, 1.165) is 31.6 Å². The maximum Gasteiger partial charge on any atom is 0.0819 e. The Morgan fingerprint density at radius 1 is 1.20 bits per heavy atom. The molecule has 3 heteroatoms. The lowest BCUT2D eigenvalue weighted by atomic mass is 9.89. The van der Waals surface area contributed by atoms with Crippen molar-refractivity contribution >= 4 is 22.6 Å². The molecule has 2 rings (SSSR count). The van der Waals surface area contributed by atoms with Crippen LogP contribution in [-0.4, -0.2) is 18.3 Å². The zero-order chi connectivity index (χ0) is 10.7. The molecule has 1 heterocycles. The van der Waals surface area contributed by atoms with Gasteiger partial charge in [0.15, 0.2) is 0 Å². The van der Waals surface area contributed by atoms with Crippen LogP contribution in [-0.2, 0) is 4.74 Å². The lowest BCUT2D eigenvalue weighted by Crippen LogP contribution is -2.21.